The quantitative estimate of drug-likeness (QED) is 0.375. The predicted octanol–water partition coefficient (Wildman–Crippen LogP) is 5.67. The van der Waals surface area contributed by atoms with Crippen LogP contribution in [0.5, 0.6) is 5.75 Å². The summed E-state index contributed by atoms with van der Waals surface area (Å²) in [6.07, 6.45) is 1.73. The Morgan fingerprint density at radius 1 is 1.06 bits per heavy atom. The molecule has 1 N–H and O–H groups in total. The molecule has 9 heteroatoms. The fraction of sp³-hybridized carbons (Fsp3) is 0.174. The van der Waals surface area contributed by atoms with Crippen molar-refractivity contribution in [1.82, 2.24) is 14.9 Å². The minimum atomic E-state index is -0.439. The van der Waals surface area contributed by atoms with Crippen molar-refractivity contribution in [2.75, 3.05) is 5.32 Å². The van der Waals surface area contributed by atoms with Crippen LogP contribution in [-0.2, 0) is 13.2 Å². The monoisotopic (exact) mass is 470 g/mol. The van der Waals surface area contributed by atoms with Gasteiger partial charge < -0.3 is 14.6 Å². The first kappa shape index (κ1) is 21.9. The number of halogens is 2. The number of nitrogens with zero attached hydrogens (tertiary/aromatic N) is 3. The molecule has 0 atom stereocenters. The Labute approximate surface area is 194 Å². The molecule has 1 amide bonds. The molecule has 0 saturated carbocycles. The van der Waals surface area contributed by atoms with Crippen molar-refractivity contribution in [3.63, 3.8) is 0 Å². The van der Waals surface area contributed by atoms with Gasteiger partial charge in [0.15, 0.2) is 11.5 Å². The fourth-order valence-electron chi connectivity index (χ4n) is 3.07. The van der Waals surface area contributed by atoms with Crippen LogP contribution in [0.4, 0.5) is 5.82 Å². The van der Waals surface area contributed by atoms with Crippen molar-refractivity contribution < 1.29 is 14.1 Å². The van der Waals surface area contributed by atoms with Gasteiger partial charge in [0.25, 0.3) is 5.91 Å². The first-order valence-electron chi connectivity index (χ1n) is 9.83. The molecule has 164 valence electrons. The van der Waals surface area contributed by atoms with Crippen LogP contribution in [0, 0.1) is 13.8 Å². The molecular weight excluding hydrogens is 451 g/mol. The SMILES string of the molecule is Cc1ccc(OCc2c(C(=O)Nc3ccn(Cc4c(Cl)cccc4Cl)n3)noc2C)cc1. The molecule has 32 heavy (non-hydrogen) atoms. The molecule has 0 spiro atoms. The van der Waals surface area contributed by atoms with Gasteiger partial charge >= 0.3 is 0 Å². The molecule has 0 aliphatic rings. The number of aromatic nitrogens is 3. The molecule has 0 fully saturated rings. The summed E-state index contributed by atoms with van der Waals surface area (Å²) in [5.41, 5.74) is 2.61. The normalized spacial score (nSPS) is 10.9. The molecule has 0 aliphatic carbocycles. The number of carbonyl (C=O) groups is 1. The number of benzene rings is 2. The lowest BCUT2D eigenvalue weighted by Crippen LogP contribution is -2.16. The lowest BCUT2D eigenvalue weighted by Gasteiger charge is -2.07. The Morgan fingerprint density at radius 2 is 1.78 bits per heavy atom. The molecule has 2 aromatic heterocycles. The van der Waals surface area contributed by atoms with E-state index >= 15 is 0 Å². The summed E-state index contributed by atoms with van der Waals surface area (Å²) >= 11 is 12.5. The number of aryl methyl sites for hydroxylation is 2. The average molecular weight is 471 g/mol. The number of nitrogens with one attached hydrogen (secondary N) is 1. The maximum atomic E-state index is 12.8. The lowest BCUT2D eigenvalue weighted by molar-refractivity contribution is 0.101. The van der Waals surface area contributed by atoms with Crippen LogP contribution in [0.1, 0.15) is 32.9 Å². The topological polar surface area (TPSA) is 82.2 Å². The molecule has 7 nitrogen and oxygen atoms in total. The van der Waals surface area contributed by atoms with Gasteiger partial charge in [0, 0.05) is 27.9 Å². The zero-order valence-electron chi connectivity index (χ0n) is 17.4. The van der Waals surface area contributed by atoms with Gasteiger partial charge in [-0.25, -0.2) is 0 Å². The summed E-state index contributed by atoms with van der Waals surface area (Å²) in [7, 11) is 0. The molecule has 2 heterocycles. The van der Waals surface area contributed by atoms with Crippen LogP contribution >= 0.6 is 23.2 Å². The summed E-state index contributed by atoms with van der Waals surface area (Å²) < 4.78 is 12.7. The summed E-state index contributed by atoms with van der Waals surface area (Å²) in [4.78, 5) is 12.8. The van der Waals surface area contributed by atoms with E-state index in [9.17, 15) is 4.79 Å². The van der Waals surface area contributed by atoms with Crippen molar-refractivity contribution >= 4 is 34.9 Å². The highest BCUT2D eigenvalue weighted by Gasteiger charge is 2.21. The first-order valence-corrected chi connectivity index (χ1v) is 10.6. The van der Waals surface area contributed by atoms with Crippen molar-refractivity contribution in [2.45, 2.75) is 27.0 Å². The second-order valence-corrected chi connectivity index (χ2v) is 8.03. The maximum absolute atomic E-state index is 12.8. The number of hydrogen-bond donors (Lipinski definition) is 1. The van der Waals surface area contributed by atoms with E-state index in [-0.39, 0.29) is 12.3 Å². The maximum Gasteiger partial charge on any atom is 0.279 e. The van der Waals surface area contributed by atoms with Gasteiger partial charge in [-0.05, 0) is 38.1 Å². The minimum absolute atomic E-state index is 0.151. The molecular formula is C23H20Cl2N4O3. The smallest absolute Gasteiger partial charge is 0.279 e. The second-order valence-electron chi connectivity index (χ2n) is 7.22. The van der Waals surface area contributed by atoms with Crippen molar-refractivity contribution in [3.05, 3.63) is 92.9 Å². The van der Waals surface area contributed by atoms with Crippen molar-refractivity contribution in [3.8, 4) is 5.75 Å². The van der Waals surface area contributed by atoms with Gasteiger partial charge in [0.1, 0.15) is 18.1 Å². The van der Waals surface area contributed by atoms with E-state index in [1.165, 1.54) is 0 Å². The number of anilines is 1. The van der Waals surface area contributed by atoms with Crippen LogP contribution in [0.3, 0.4) is 0 Å². The Hall–Kier alpha value is -3.29. The molecule has 2 aromatic carbocycles. The van der Waals surface area contributed by atoms with E-state index in [4.69, 9.17) is 32.5 Å². The molecule has 4 rings (SSSR count). The van der Waals surface area contributed by atoms with Gasteiger partial charge in [0.05, 0.1) is 12.1 Å². The Morgan fingerprint density at radius 3 is 2.50 bits per heavy atom. The van der Waals surface area contributed by atoms with E-state index in [1.807, 2.05) is 31.2 Å². The Balaban J connectivity index is 1.44. The standard InChI is InChI=1S/C23H20Cl2N4O3/c1-14-6-8-16(9-7-14)31-13-18-15(2)32-28-22(18)23(30)26-21-10-11-29(27-21)12-17-19(24)4-3-5-20(17)25/h3-11H,12-13H2,1-2H3,(H,26,27,30). The molecule has 4 aromatic rings. The summed E-state index contributed by atoms with van der Waals surface area (Å²) in [5, 5.41) is 12.1. The van der Waals surface area contributed by atoms with E-state index in [2.05, 4.69) is 15.6 Å². The average Bonchev–Trinajstić information content (AvgIpc) is 3.36. The summed E-state index contributed by atoms with van der Waals surface area (Å²) in [5.74, 6) is 1.13. The highest BCUT2D eigenvalue weighted by molar-refractivity contribution is 6.35. The zero-order valence-corrected chi connectivity index (χ0v) is 18.9. The van der Waals surface area contributed by atoms with Gasteiger partial charge in [-0.1, -0.05) is 52.1 Å². The number of carbonyl (C=O) groups excluding carboxylic acids is 1. The molecule has 0 bridgehead atoms. The lowest BCUT2D eigenvalue weighted by atomic mass is 10.2. The molecule has 0 saturated heterocycles. The van der Waals surface area contributed by atoms with E-state index < -0.39 is 5.91 Å². The number of ether oxygens (including phenoxy) is 1. The van der Waals surface area contributed by atoms with Crippen LogP contribution in [0.25, 0.3) is 0 Å². The third-order valence-corrected chi connectivity index (χ3v) is 5.58. The van der Waals surface area contributed by atoms with Crippen molar-refractivity contribution in [1.29, 1.82) is 0 Å². The first-order chi connectivity index (χ1) is 15.4. The third kappa shape index (κ3) is 4.95. The van der Waals surface area contributed by atoms with E-state index in [0.717, 1.165) is 11.1 Å². The number of rotatable bonds is 7. The second kappa shape index (κ2) is 9.46. The summed E-state index contributed by atoms with van der Waals surface area (Å²) in [6, 6.07) is 14.6. The largest absolute Gasteiger partial charge is 0.489 e. The highest BCUT2D eigenvalue weighted by atomic mass is 35.5. The number of hydrogen-bond acceptors (Lipinski definition) is 5. The Bertz CT molecular complexity index is 1230. The predicted molar refractivity (Wildman–Crippen MR) is 122 cm³/mol. The molecule has 0 aliphatic heterocycles. The molecule has 0 unspecified atom stereocenters. The van der Waals surface area contributed by atoms with Gasteiger partial charge in [-0.2, -0.15) is 5.10 Å². The van der Waals surface area contributed by atoms with E-state index in [1.54, 1.807) is 42.1 Å². The third-order valence-electron chi connectivity index (χ3n) is 4.87. The van der Waals surface area contributed by atoms with Crippen LogP contribution < -0.4 is 10.1 Å². The van der Waals surface area contributed by atoms with Crippen LogP contribution in [0.15, 0.2) is 59.3 Å². The Kier molecular flexibility index (Phi) is 6.48. The van der Waals surface area contributed by atoms with Gasteiger partial charge in [-0.15, -0.1) is 0 Å². The van der Waals surface area contributed by atoms with E-state index in [0.29, 0.717) is 39.5 Å². The van der Waals surface area contributed by atoms with Gasteiger partial charge in [-0.3, -0.25) is 9.48 Å². The van der Waals surface area contributed by atoms with Crippen LogP contribution in [0.2, 0.25) is 10.0 Å². The van der Waals surface area contributed by atoms with Gasteiger partial charge in [0.2, 0.25) is 0 Å². The highest BCUT2D eigenvalue weighted by Crippen LogP contribution is 2.25. The van der Waals surface area contributed by atoms with Crippen LogP contribution in [-0.4, -0.2) is 20.8 Å². The zero-order chi connectivity index (χ0) is 22.7. The summed E-state index contributed by atoms with van der Waals surface area (Å²) in [6.45, 7) is 4.26. The minimum Gasteiger partial charge on any atom is -0.489 e. The number of amides is 1. The fourth-order valence-corrected chi connectivity index (χ4v) is 3.58. The van der Waals surface area contributed by atoms with Crippen molar-refractivity contribution in [2.24, 2.45) is 0 Å². The molecule has 0 radical (unpaired) electrons.